The van der Waals surface area contributed by atoms with Crippen LogP contribution in [0, 0.1) is 0 Å². The van der Waals surface area contributed by atoms with Crippen molar-refractivity contribution in [1.82, 2.24) is 9.78 Å². The summed E-state index contributed by atoms with van der Waals surface area (Å²) in [5, 5.41) is 4.05. The van der Waals surface area contributed by atoms with Crippen LogP contribution < -0.4 is 10.5 Å². The Morgan fingerprint density at radius 2 is 2.44 bits per heavy atom. The molecule has 0 amide bonds. The van der Waals surface area contributed by atoms with Gasteiger partial charge in [0, 0.05) is 26.1 Å². The van der Waals surface area contributed by atoms with E-state index in [0.717, 1.165) is 25.2 Å². The fraction of sp³-hybridized carbons (Fsp3) is 0.727. The van der Waals surface area contributed by atoms with Crippen LogP contribution in [-0.2, 0) is 11.8 Å². The van der Waals surface area contributed by atoms with Crippen LogP contribution in [0.25, 0.3) is 0 Å². The van der Waals surface area contributed by atoms with Crippen LogP contribution in [0.2, 0.25) is 0 Å². The maximum absolute atomic E-state index is 5.89. The first-order chi connectivity index (χ1) is 7.70. The highest BCUT2D eigenvalue weighted by molar-refractivity contribution is 5.14. The van der Waals surface area contributed by atoms with Gasteiger partial charge in [-0.15, -0.1) is 0 Å². The average Bonchev–Trinajstić information content (AvgIpc) is 2.64. The van der Waals surface area contributed by atoms with Gasteiger partial charge in [-0.2, -0.15) is 5.10 Å². The topological polar surface area (TPSA) is 62.3 Å². The molecular formula is C11H19N3O2. The predicted molar refractivity (Wildman–Crippen MR) is 60.2 cm³/mol. The molecule has 3 unspecified atom stereocenters. The fourth-order valence-corrected chi connectivity index (χ4v) is 1.85. The molecule has 5 nitrogen and oxygen atoms in total. The van der Waals surface area contributed by atoms with Gasteiger partial charge in [0.2, 0.25) is 0 Å². The van der Waals surface area contributed by atoms with Crippen molar-refractivity contribution < 1.29 is 9.47 Å². The number of hydrogen-bond acceptors (Lipinski definition) is 4. The average molecular weight is 225 g/mol. The molecule has 1 aromatic rings. The molecule has 0 saturated heterocycles. The maximum Gasteiger partial charge on any atom is 0.157 e. The number of hydrogen-bond donors (Lipinski definition) is 1. The van der Waals surface area contributed by atoms with Crippen molar-refractivity contribution in [3.63, 3.8) is 0 Å². The zero-order valence-corrected chi connectivity index (χ0v) is 9.80. The molecule has 1 aromatic heterocycles. The molecule has 0 spiro atoms. The molecule has 0 bridgehead atoms. The van der Waals surface area contributed by atoms with Gasteiger partial charge in [-0.3, -0.25) is 4.68 Å². The lowest BCUT2D eigenvalue weighted by Crippen LogP contribution is -2.59. The number of ether oxygens (including phenoxy) is 2. The van der Waals surface area contributed by atoms with Crippen LogP contribution >= 0.6 is 0 Å². The highest BCUT2D eigenvalue weighted by atomic mass is 16.5. The Morgan fingerprint density at radius 1 is 1.62 bits per heavy atom. The van der Waals surface area contributed by atoms with Crippen molar-refractivity contribution in [1.29, 1.82) is 0 Å². The summed E-state index contributed by atoms with van der Waals surface area (Å²) in [7, 11) is 1.87. The first-order valence-corrected chi connectivity index (χ1v) is 5.73. The summed E-state index contributed by atoms with van der Waals surface area (Å²) in [6.07, 6.45) is 5.51. The zero-order chi connectivity index (χ0) is 11.5. The van der Waals surface area contributed by atoms with Crippen LogP contribution in [0.15, 0.2) is 12.4 Å². The third-order valence-electron chi connectivity index (χ3n) is 2.78. The molecule has 2 N–H and O–H groups in total. The van der Waals surface area contributed by atoms with Gasteiger partial charge < -0.3 is 15.2 Å². The molecule has 1 aliphatic carbocycles. The molecular weight excluding hydrogens is 206 g/mol. The minimum Gasteiger partial charge on any atom is -0.484 e. The largest absolute Gasteiger partial charge is 0.484 e. The smallest absolute Gasteiger partial charge is 0.157 e. The van der Waals surface area contributed by atoms with Crippen molar-refractivity contribution in [2.45, 2.75) is 38.0 Å². The van der Waals surface area contributed by atoms with Crippen molar-refractivity contribution in [3.05, 3.63) is 12.4 Å². The molecule has 1 aliphatic rings. The highest BCUT2D eigenvalue weighted by Crippen LogP contribution is 2.27. The lowest BCUT2D eigenvalue weighted by atomic mass is 9.86. The molecule has 0 radical (unpaired) electrons. The Labute approximate surface area is 95.5 Å². The van der Waals surface area contributed by atoms with E-state index in [9.17, 15) is 0 Å². The number of aromatic nitrogens is 2. The van der Waals surface area contributed by atoms with Crippen LogP contribution in [-0.4, -0.2) is 34.6 Å². The van der Waals surface area contributed by atoms with E-state index in [1.165, 1.54) is 0 Å². The number of nitrogens with zero attached hydrogens (tertiary/aromatic N) is 2. The van der Waals surface area contributed by atoms with Crippen molar-refractivity contribution in [2.75, 3.05) is 6.61 Å². The first kappa shape index (κ1) is 11.4. The minimum atomic E-state index is 0.0279. The van der Waals surface area contributed by atoms with E-state index in [1.54, 1.807) is 10.9 Å². The normalized spacial score (nSPS) is 28.8. The molecule has 1 fully saturated rings. The molecule has 2 rings (SSSR count). The van der Waals surface area contributed by atoms with Gasteiger partial charge in [-0.05, 0) is 6.42 Å². The van der Waals surface area contributed by atoms with Crippen LogP contribution in [0.3, 0.4) is 0 Å². The second kappa shape index (κ2) is 4.84. The Balaban J connectivity index is 1.86. The van der Waals surface area contributed by atoms with E-state index in [0.29, 0.717) is 0 Å². The van der Waals surface area contributed by atoms with Crippen molar-refractivity contribution in [3.8, 4) is 5.75 Å². The molecule has 0 aliphatic heterocycles. The first-order valence-electron chi connectivity index (χ1n) is 5.73. The fourth-order valence-electron chi connectivity index (χ4n) is 1.85. The number of nitrogens with two attached hydrogens (primary N) is 1. The van der Waals surface area contributed by atoms with Gasteiger partial charge in [0.1, 0.15) is 12.2 Å². The number of rotatable bonds is 5. The zero-order valence-electron chi connectivity index (χ0n) is 9.80. The Bertz CT molecular complexity index is 340. The molecule has 3 atom stereocenters. The molecule has 0 aromatic carbocycles. The quantitative estimate of drug-likeness (QED) is 0.801. The van der Waals surface area contributed by atoms with Gasteiger partial charge in [0.15, 0.2) is 5.75 Å². The van der Waals surface area contributed by atoms with E-state index < -0.39 is 0 Å². The summed E-state index contributed by atoms with van der Waals surface area (Å²) in [5.74, 6) is 0.782. The van der Waals surface area contributed by atoms with Crippen molar-refractivity contribution in [2.24, 2.45) is 12.8 Å². The Hall–Kier alpha value is -1.07. The third kappa shape index (κ3) is 2.36. The van der Waals surface area contributed by atoms with Crippen molar-refractivity contribution >= 4 is 0 Å². The van der Waals surface area contributed by atoms with E-state index >= 15 is 0 Å². The SMILES string of the molecule is CCCOC1C(N)CC1Oc1cnn(C)c1. The lowest BCUT2D eigenvalue weighted by Gasteiger charge is -2.41. The molecule has 5 heteroatoms. The second-order valence-corrected chi connectivity index (χ2v) is 4.24. The summed E-state index contributed by atoms with van der Waals surface area (Å²) >= 11 is 0. The Morgan fingerprint density at radius 3 is 3.00 bits per heavy atom. The summed E-state index contributed by atoms with van der Waals surface area (Å²) in [4.78, 5) is 0. The van der Waals surface area contributed by atoms with E-state index in [-0.39, 0.29) is 18.2 Å². The van der Waals surface area contributed by atoms with Gasteiger partial charge in [-0.1, -0.05) is 6.92 Å². The number of aryl methyl sites for hydroxylation is 1. The third-order valence-corrected chi connectivity index (χ3v) is 2.78. The lowest BCUT2D eigenvalue weighted by molar-refractivity contribution is -0.0980. The second-order valence-electron chi connectivity index (χ2n) is 4.24. The summed E-state index contributed by atoms with van der Waals surface area (Å²) in [5.41, 5.74) is 5.89. The van der Waals surface area contributed by atoms with Crippen LogP contribution in [0.5, 0.6) is 5.75 Å². The Kier molecular flexibility index (Phi) is 3.46. The van der Waals surface area contributed by atoms with Gasteiger partial charge >= 0.3 is 0 Å². The minimum absolute atomic E-state index is 0.0279. The molecule has 1 saturated carbocycles. The standard InChI is InChI=1S/C11H19N3O2/c1-3-4-15-11-9(12)5-10(11)16-8-6-13-14(2)7-8/h6-7,9-11H,3-5,12H2,1-2H3. The predicted octanol–water partition coefficient (Wildman–Crippen LogP) is 0.694. The molecule has 16 heavy (non-hydrogen) atoms. The van der Waals surface area contributed by atoms with E-state index in [2.05, 4.69) is 12.0 Å². The molecule has 1 heterocycles. The summed E-state index contributed by atoms with van der Waals surface area (Å²) in [6.45, 7) is 2.83. The van der Waals surface area contributed by atoms with Gasteiger partial charge in [0.25, 0.3) is 0 Å². The van der Waals surface area contributed by atoms with Crippen LogP contribution in [0.1, 0.15) is 19.8 Å². The van der Waals surface area contributed by atoms with Gasteiger partial charge in [-0.25, -0.2) is 0 Å². The monoisotopic (exact) mass is 225 g/mol. The van der Waals surface area contributed by atoms with Crippen LogP contribution in [0.4, 0.5) is 0 Å². The maximum atomic E-state index is 5.89. The summed E-state index contributed by atoms with van der Waals surface area (Å²) in [6, 6.07) is 0.105. The van der Waals surface area contributed by atoms with Gasteiger partial charge in [0.05, 0.1) is 12.4 Å². The van der Waals surface area contributed by atoms with E-state index in [1.807, 2.05) is 13.2 Å². The van der Waals surface area contributed by atoms with E-state index in [4.69, 9.17) is 15.2 Å². The highest BCUT2D eigenvalue weighted by Gasteiger charge is 2.41. The summed E-state index contributed by atoms with van der Waals surface area (Å²) < 4.78 is 13.1. The molecule has 90 valence electrons.